The van der Waals surface area contributed by atoms with Gasteiger partial charge in [-0.3, -0.25) is 0 Å². The van der Waals surface area contributed by atoms with Gasteiger partial charge in [0.05, 0.1) is 3.79 Å². The van der Waals surface area contributed by atoms with E-state index in [-0.39, 0.29) is 18.4 Å². The summed E-state index contributed by atoms with van der Waals surface area (Å²) < 4.78 is 1.19. The third-order valence-corrected chi connectivity index (χ3v) is 4.23. The van der Waals surface area contributed by atoms with Crippen molar-refractivity contribution in [2.24, 2.45) is 11.5 Å². The minimum absolute atomic E-state index is 0. The highest BCUT2D eigenvalue weighted by Crippen LogP contribution is 2.31. The summed E-state index contributed by atoms with van der Waals surface area (Å²) in [6, 6.07) is 2.30. The van der Waals surface area contributed by atoms with E-state index in [9.17, 15) is 0 Å². The maximum Gasteiger partial charge on any atom is 0.0731 e. The summed E-state index contributed by atoms with van der Waals surface area (Å²) in [4.78, 5) is 1.25. The zero-order chi connectivity index (χ0) is 9.84. The molecule has 1 rings (SSSR count). The van der Waals surface area contributed by atoms with Crippen LogP contribution in [0.15, 0.2) is 9.85 Å². The van der Waals surface area contributed by atoms with Crippen molar-refractivity contribution < 1.29 is 0 Å². The van der Waals surface area contributed by atoms with Gasteiger partial charge in [-0.25, -0.2) is 0 Å². The number of hydrogen-bond donors (Lipinski definition) is 2. The molecule has 0 aromatic carbocycles. The maximum absolute atomic E-state index is 6.00. The topological polar surface area (TPSA) is 52.0 Å². The molecule has 0 saturated carbocycles. The molecule has 1 heterocycles. The number of hydrogen-bond acceptors (Lipinski definition) is 3. The lowest BCUT2D eigenvalue weighted by Gasteiger charge is -2.07. The monoisotopic (exact) mass is 298 g/mol. The molecule has 1 aromatic heterocycles. The molecule has 5 heteroatoms. The van der Waals surface area contributed by atoms with Gasteiger partial charge < -0.3 is 11.5 Å². The molecule has 14 heavy (non-hydrogen) atoms. The summed E-state index contributed by atoms with van der Waals surface area (Å²) in [5.41, 5.74) is 12.7. The van der Waals surface area contributed by atoms with E-state index in [0.717, 1.165) is 19.4 Å². The first kappa shape index (κ1) is 14.4. The second-order valence-corrected chi connectivity index (χ2v) is 5.54. The molecule has 82 valence electrons. The van der Waals surface area contributed by atoms with E-state index in [4.69, 9.17) is 11.5 Å². The summed E-state index contributed by atoms with van der Waals surface area (Å²) in [5.74, 6) is 0. The first-order valence-electron chi connectivity index (χ1n) is 4.36. The molecule has 4 N–H and O–H groups in total. The molecule has 2 nitrogen and oxygen atoms in total. The Kier molecular flexibility index (Phi) is 6.99. The smallest absolute Gasteiger partial charge is 0.0731 e. The number of halogens is 2. The average molecular weight is 300 g/mol. The Balaban J connectivity index is 0.00000169. The number of rotatable bonds is 4. The van der Waals surface area contributed by atoms with Crippen molar-refractivity contribution in [3.8, 4) is 0 Å². The standard InChI is InChI=1S/C9H15BrN2S.ClH/c1-6-5-8(13-9(6)10)7(12)3-2-4-11;/h5,7H,2-4,11-12H2,1H3;1H/t7-;/m0./s1. The highest BCUT2D eigenvalue weighted by molar-refractivity contribution is 9.11. The van der Waals surface area contributed by atoms with Gasteiger partial charge in [0, 0.05) is 10.9 Å². The molecule has 0 unspecified atom stereocenters. The molecule has 0 saturated heterocycles. The molecular weight excluding hydrogens is 284 g/mol. The quantitative estimate of drug-likeness (QED) is 0.898. The fraction of sp³-hybridized carbons (Fsp3) is 0.556. The van der Waals surface area contributed by atoms with Crippen LogP contribution in [0.5, 0.6) is 0 Å². The molecular formula is C9H16BrClN2S. The van der Waals surface area contributed by atoms with Crippen molar-refractivity contribution in [3.05, 3.63) is 20.3 Å². The normalized spacial score (nSPS) is 12.3. The number of aryl methyl sites for hydroxylation is 1. The summed E-state index contributed by atoms with van der Waals surface area (Å²) in [5, 5.41) is 0. The number of nitrogens with two attached hydrogens (primary N) is 2. The third-order valence-electron chi connectivity index (χ3n) is 1.96. The zero-order valence-corrected chi connectivity index (χ0v) is 11.3. The van der Waals surface area contributed by atoms with Crippen LogP contribution in [-0.2, 0) is 0 Å². The van der Waals surface area contributed by atoms with E-state index in [1.54, 1.807) is 11.3 Å². The van der Waals surface area contributed by atoms with E-state index >= 15 is 0 Å². The lowest BCUT2D eigenvalue weighted by atomic mass is 10.1. The fourth-order valence-electron chi connectivity index (χ4n) is 1.15. The van der Waals surface area contributed by atoms with Crippen LogP contribution in [0.1, 0.15) is 29.3 Å². The summed E-state index contributed by atoms with van der Waals surface area (Å²) in [7, 11) is 0. The Labute approximate surface area is 104 Å². The largest absolute Gasteiger partial charge is 0.330 e. The summed E-state index contributed by atoms with van der Waals surface area (Å²) >= 11 is 5.21. The molecule has 1 aromatic rings. The molecule has 0 aliphatic carbocycles. The Morgan fingerprint density at radius 1 is 1.57 bits per heavy atom. The number of thiophene rings is 1. The van der Waals surface area contributed by atoms with Crippen molar-refractivity contribution in [2.45, 2.75) is 25.8 Å². The Bertz CT molecular complexity index is 258. The highest BCUT2D eigenvalue weighted by atomic mass is 79.9. The third kappa shape index (κ3) is 3.87. The van der Waals surface area contributed by atoms with Crippen LogP contribution in [0.4, 0.5) is 0 Å². The van der Waals surface area contributed by atoms with E-state index in [1.165, 1.54) is 14.2 Å². The summed E-state index contributed by atoms with van der Waals surface area (Å²) in [6.07, 6.45) is 1.97. The first-order chi connectivity index (χ1) is 6.15. The average Bonchev–Trinajstić information content (AvgIpc) is 2.43. The van der Waals surface area contributed by atoms with Crippen molar-refractivity contribution in [1.82, 2.24) is 0 Å². The minimum Gasteiger partial charge on any atom is -0.330 e. The second-order valence-electron chi connectivity index (χ2n) is 3.14. The van der Waals surface area contributed by atoms with Gasteiger partial charge in [0.2, 0.25) is 0 Å². The van der Waals surface area contributed by atoms with Gasteiger partial charge in [0.25, 0.3) is 0 Å². The molecule has 0 amide bonds. The van der Waals surface area contributed by atoms with Crippen LogP contribution < -0.4 is 11.5 Å². The van der Waals surface area contributed by atoms with Gasteiger partial charge in [-0.15, -0.1) is 23.7 Å². The first-order valence-corrected chi connectivity index (χ1v) is 5.97. The predicted octanol–water partition coefficient (Wildman–Crippen LogP) is 2.98. The van der Waals surface area contributed by atoms with E-state index in [0.29, 0.717) is 0 Å². The molecule has 0 bridgehead atoms. The van der Waals surface area contributed by atoms with Gasteiger partial charge in [-0.05, 0) is 53.9 Å². The second kappa shape index (κ2) is 6.80. The molecule has 0 aliphatic rings. The van der Waals surface area contributed by atoms with Gasteiger partial charge >= 0.3 is 0 Å². The zero-order valence-electron chi connectivity index (χ0n) is 8.13. The van der Waals surface area contributed by atoms with Crippen molar-refractivity contribution in [3.63, 3.8) is 0 Å². The van der Waals surface area contributed by atoms with Crippen LogP contribution in [0.2, 0.25) is 0 Å². The van der Waals surface area contributed by atoms with Crippen LogP contribution in [0, 0.1) is 6.92 Å². The van der Waals surface area contributed by atoms with Gasteiger partial charge in [0.15, 0.2) is 0 Å². The van der Waals surface area contributed by atoms with Crippen molar-refractivity contribution in [1.29, 1.82) is 0 Å². The van der Waals surface area contributed by atoms with Crippen LogP contribution in [-0.4, -0.2) is 6.54 Å². The van der Waals surface area contributed by atoms with Crippen molar-refractivity contribution >= 4 is 39.7 Å². The predicted molar refractivity (Wildman–Crippen MR) is 69.2 cm³/mol. The lowest BCUT2D eigenvalue weighted by molar-refractivity contribution is 0.626. The SMILES string of the molecule is Cc1cc([C@@H](N)CCCN)sc1Br.Cl. The van der Waals surface area contributed by atoms with E-state index in [2.05, 4.69) is 28.9 Å². The molecule has 0 fully saturated rings. The van der Waals surface area contributed by atoms with Gasteiger partial charge in [0.1, 0.15) is 0 Å². The molecule has 0 spiro atoms. The van der Waals surface area contributed by atoms with E-state index < -0.39 is 0 Å². The van der Waals surface area contributed by atoms with Crippen LogP contribution in [0.3, 0.4) is 0 Å². The molecule has 0 aliphatic heterocycles. The minimum atomic E-state index is 0. The summed E-state index contributed by atoms with van der Waals surface area (Å²) in [6.45, 7) is 2.80. The fourth-order valence-corrected chi connectivity index (χ4v) is 2.75. The highest BCUT2D eigenvalue weighted by Gasteiger charge is 2.09. The van der Waals surface area contributed by atoms with Crippen LogP contribution in [0.25, 0.3) is 0 Å². The Morgan fingerprint density at radius 2 is 2.21 bits per heavy atom. The van der Waals surface area contributed by atoms with Crippen LogP contribution >= 0.6 is 39.7 Å². The Hall–Kier alpha value is 0.390. The molecule has 1 atom stereocenters. The van der Waals surface area contributed by atoms with E-state index in [1.807, 2.05) is 0 Å². The lowest BCUT2D eigenvalue weighted by Crippen LogP contribution is -2.10. The van der Waals surface area contributed by atoms with Gasteiger partial charge in [-0.1, -0.05) is 0 Å². The van der Waals surface area contributed by atoms with Crippen molar-refractivity contribution in [2.75, 3.05) is 6.54 Å². The maximum atomic E-state index is 6.00. The molecule has 0 radical (unpaired) electrons. The Morgan fingerprint density at radius 3 is 2.64 bits per heavy atom. The van der Waals surface area contributed by atoms with Gasteiger partial charge in [-0.2, -0.15) is 0 Å².